The second kappa shape index (κ2) is 5.44. The van der Waals surface area contributed by atoms with Crippen LogP contribution in [0.15, 0.2) is 18.3 Å². The van der Waals surface area contributed by atoms with Crippen LogP contribution in [0.25, 0.3) is 0 Å². The maximum Gasteiger partial charge on any atom is 0.0420 e. The van der Waals surface area contributed by atoms with Crippen LogP contribution in [0.2, 0.25) is 0 Å². The van der Waals surface area contributed by atoms with Gasteiger partial charge in [0.1, 0.15) is 0 Å². The molecule has 1 aromatic rings. The molecule has 1 saturated carbocycles. The van der Waals surface area contributed by atoms with Crippen molar-refractivity contribution >= 4 is 0 Å². The Morgan fingerprint density at radius 3 is 2.56 bits per heavy atom. The average molecular weight is 218 g/mol. The highest BCUT2D eigenvalue weighted by molar-refractivity contribution is 5.22. The Labute approximate surface area is 98.3 Å². The fourth-order valence-electron chi connectivity index (χ4n) is 2.77. The topological polar surface area (TPSA) is 38.9 Å². The lowest BCUT2D eigenvalue weighted by atomic mass is 9.87. The van der Waals surface area contributed by atoms with Crippen molar-refractivity contribution < 1.29 is 0 Å². The van der Waals surface area contributed by atoms with Gasteiger partial charge in [0.2, 0.25) is 0 Å². The first kappa shape index (κ1) is 11.6. The van der Waals surface area contributed by atoms with Gasteiger partial charge in [-0.25, -0.2) is 0 Å². The molecule has 1 fully saturated rings. The maximum atomic E-state index is 6.40. The third-order valence-electron chi connectivity index (χ3n) is 3.81. The van der Waals surface area contributed by atoms with Crippen LogP contribution in [0.3, 0.4) is 0 Å². The molecule has 1 aliphatic rings. The molecule has 2 heteroatoms. The SMILES string of the molecule is Cc1ncccc1C(N)C1CCCCCC1. The fourth-order valence-corrected chi connectivity index (χ4v) is 2.77. The normalized spacial score (nSPS) is 20.4. The highest BCUT2D eigenvalue weighted by Gasteiger charge is 2.22. The van der Waals surface area contributed by atoms with E-state index in [1.807, 2.05) is 12.3 Å². The number of hydrogen-bond donors (Lipinski definition) is 1. The quantitative estimate of drug-likeness (QED) is 0.773. The minimum absolute atomic E-state index is 0.187. The van der Waals surface area contributed by atoms with Gasteiger partial charge in [0, 0.05) is 17.9 Å². The summed E-state index contributed by atoms with van der Waals surface area (Å²) in [4.78, 5) is 4.34. The van der Waals surface area contributed by atoms with E-state index in [0.29, 0.717) is 5.92 Å². The minimum atomic E-state index is 0.187. The van der Waals surface area contributed by atoms with Gasteiger partial charge in [-0.05, 0) is 37.3 Å². The molecule has 1 aromatic heterocycles. The molecule has 2 rings (SSSR count). The van der Waals surface area contributed by atoms with E-state index in [-0.39, 0.29) is 6.04 Å². The highest BCUT2D eigenvalue weighted by atomic mass is 14.7. The summed E-state index contributed by atoms with van der Waals surface area (Å²) in [6.07, 6.45) is 9.88. The van der Waals surface area contributed by atoms with Crippen LogP contribution in [0.5, 0.6) is 0 Å². The predicted molar refractivity (Wildman–Crippen MR) is 67.1 cm³/mol. The number of aryl methyl sites for hydroxylation is 1. The second-order valence-electron chi connectivity index (χ2n) is 4.96. The monoisotopic (exact) mass is 218 g/mol. The molecule has 1 atom stereocenters. The average Bonchev–Trinajstić information content (AvgIpc) is 2.57. The number of hydrogen-bond acceptors (Lipinski definition) is 2. The van der Waals surface area contributed by atoms with E-state index < -0.39 is 0 Å². The lowest BCUT2D eigenvalue weighted by molar-refractivity contribution is 0.381. The molecule has 1 unspecified atom stereocenters. The molecule has 2 N–H and O–H groups in total. The molecule has 0 aliphatic heterocycles. The Kier molecular flexibility index (Phi) is 3.94. The largest absolute Gasteiger partial charge is 0.324 e. The number of nitrogens with zero attached hydrogens (tertiary/aromatic N) is 1. The van der Waals surface area contributed by atoms with Crippen molar-refractivity contribution in [1.82, 2.24) is 4.98 Å². The molecule has 0 saturated heterocycles. The van der Waals surface area contributed by atoms with Crippen molar-refractivity contribution in [3.05, 3.63) is 29.6 Å². The van der Waals surface area contributed by atoms with E-state index in [9.17, 15) is 0 Å². The molecule has 1 heterocycles. The van der Waals surface area contributed by atoms with Gasteiger partial charge in [-0.1, -0.05) is 31.7 Å². The number of nitrogens with two attached hydrogens (primary N) is 1. The van der Waals surface area contributed by atoms with Gasteiger partial charge < -0.3 is 5.73 Å². The van der Waals surface area contributed by atoms with Gasteiger partial charge in [-0.15, -0.1) is 0 Å². The van der Waals surface area contributed by atoms with Crippen LogP contribution in [-0.4, -0.2) is 4.98 Å². The van der Waals surface area contributed by atoms with Gasteiger partial charge >= 0.3 is 0 Å². The van der Waals surface area contributed by atoms with Crippen LogP contribution in [0, 0.1) is 12.8 Å². The molecular weight excluding hydrogens is 196 g/mol. The number of rotatable bonds is 2. The molecule has 2 nitrogen and oxygen atoms in total. The molecule has 16 heavy (non-hydrogen) atoms. The molecule has 0 bridgehead atoms. The third kappa shape index (κ3) is 2.62. The molecule has 88 valence electrons. The van der Waals surface area contributed by atoms with Gasteiger partial charge in [0.15, 0.2) is 0 Å². The zero-order valence-electron chi connectivity index (χ0n) is 10.2. The van der Waals surface area contributed by atoms with Gasteiger partial charge in [0.25, 0.3) is 0 Å². The van der Waals surface area contributed by atoms with Crippen molar-refractivity contribution in [2.45, 2.75) is 51.5 Å². The van der Waals surface area contributed by atoms with Crippen LogP contribution < -0.4 is 5.73 Å². The summed E-state index contributed by atoms with van der Waals surface area (Å²) in [6.45, 7) is 2.06. The Bertz CT molecular complexity index is 327. The van der Waals surface area contributed by atoms with E-state index in [4.69, 9.17) is 5.73 Å². The summed E-state index contributed by atoms with van der Waals surface area (Å²) >= 11 is 0. The summed E-state index contributed by atoms with van der Waals surface area (Å²) < 4.78 is 0. The van der Waals surface area contributed by atoms with Crippen LogP contribution in [0.1, 0.15) is 55.8 Å². The van der Waals surface area contributed by atoms with Crippen molar-refractivity contribution in [2.24, 2.45) is 11.7 Å². The molecule has 0 radical (unpaired) electrons. The van der Waals surface area contributed by atoms with Gasteiger partial charge in [0.05, 0.1) is 0 Å². The minimum Gasteiger partial charge on any atom is -0.324 e. The summed E-state index contributed by atoms with van der Waals surface area (Å²) in [6, 6.07) is 4.32. The van der Waals surface area contributed by atoms with E-state index >= 15 is 0 Å². The van der Waals surface area contributed by atoms with Gasteiger partial charge in [-0.2, -0.15) is 0 Å². The standard InChI is InChI=1S/C14H22N2/c1-11-13(9-6-10-16-11)14(15)12-7-4-2-3-5-8-12/h6,9-10,12,14H,2-5,7-8,15H2,1H3. The van der Waals surface area contributed by atoms with E-state index in [1.54, 1.807) is 0 Å². The second-order valence-corrected chi connectivity index (χ2v) is 4.96. The lowest BCUT2D eigenvalue weighted by Crippen LogP contribution is -2.22. The Morgan fingerprint density at radius 2 is 1.94 bits per heavy atom. The van der Waals surface area contributed by atoms with Crippen LogP contribution in [0.4, 0.5) is 0 Å². The summed E-state index contributed by atoms with van der Waals surface area (Å²) in [5.41, 5.74) is 8.74. The van der Waals surface area contributed by atoms with Gasteiger partial charge in [-0.3, -0.25) is 4.98 Å². The summed E-state index contributed by atoms with van der Waals surface area (Å²) in [7, 11) is 0. The van der Waals surface area contributed by atoms with Crippen LogP contribution >= 0.6 is 0 Å². The van der Waals surface area contributed by atoms with Crippen molar-refractivity contribution in [2.75, 3.05) is 0 Å². The maximum absolute atomic E-state index is 6.40. The van der Waals surface area contributed by atoms with E-state index in [0.717, 1.165) is 5.69 Å². The van der Waals surface area contributed by atoms with Crippen molar-refractivity contribution in [3.63, 3.8) is 0 Å². The molecule has 1 aliphatic carbocycles. The highest BCUT2D eigenvalue weighted by Crippen LogP contribution is 2.32. The lowest BCUT2D eigenvalue weighted by Gasteiger charge is -2.23. The fraction of sp³-hybridized carbons (Fsp3) is 0.643. The summed E-state index contributed by atoms with van der Waals surface area (Å²) in [5, 5.41) is 0. The first-order chi connectivity index (χ1) is 7.79. The Balaban J connectivity index is 2.11. The predicted octanol–water partition coefficient (Wildman–Crippen LogP) is 3.36. The van der Waals surface area contributed by atoms with E-state index in [2.05, 4.69) is 18.0 Å². The molecule has 0 aromatic carbocycles. The van der Waals surface area contributed by atoms with Crippen molar-refractivity contribution in [1.29, 1.82) is 0 Å². The smallest absolute Gasteiger partial charge is 0.0420 e. The molecule has 0 spiro atoms. The first-order valence-electron chi connectivity index (χ1n) is 6.46. The zero-order chi connectivity index (χ0) is 11.4. The summed E-state index contributed by atoms with van der Waals surface area (Å²) in [5.74, 6) is 0.658. The first-order valence-corrected chi connectivity index (χ1v) is 6.46. The number of pyridine rings is 1. The van der Waals surface area contributed by atoms with E-state index in [1.165, 1.54) is 44.1 Å². The van der Waals surface area contributed by atoms with Crippen LogP contribution in [-0.2, 0) is 0 Å². The molecular formula is C14H22N2. The number of aromatic nitrogens is 1. The Hall–Kier alpha value is -0.890. The zero-order valence-corrected chi connectivity index (χ0v) is 10.2. The third-order valence-corrected chi connectivity index (χ3v) is 3.81. The molecule has 0 amide bonds. The van der Waals surface area contributed by atoms with Crippen molar-refractivity contribution in [3.8, 4) is 0 Å². The Morgan fingerprint density at radius 1 is 1.25 bits per heavy atom.